The third-order valence-electron chi connectivity index (χ3n) is 4.22. The van der Waals surface area contributed by atoms with E-state index in [9.17, 15) is 9.59 Å². The van der Waals surface area contributed by atoms with Crippen molar-refractivity contribution in [3.05, 3.63) is 59.7 Å². The summed E-state index contributed by atoms with van der Waals surface area (Å²) in [6.07, 6.45) is -1.13. The first-order valence-corrected chi connectivity index (χ1v) is 8.96. The predicted molar refractivity (Wildman–Crippen MR) is 105 cm³/mol. The molecule has 1 N–H and O–H groups in total. The molecule has 2 amide bonds. The number of hydrogen-bond donors (Lipinski definition) is 1. The normalized spacial score (nSPS) is 17.1. The summed E-state index contributed by atoms with van der Waals surface area (Å²) in [6, 6.07) is 14.3. The van der Waals surface area contributed by atoms with Crippen LogP contribution in [0.4, 0.5) is 0 Å². The molecule has 0 radical (unpaired) electrons. The van der Waals surface area contributed by atoms with E-state index < -0.39 is 12.2 Å². The van der Waals surface area contributed by atoms with E-state index in [4.69, 9.17) is 9.47 Å². The Balaban J connectivity index is 1.54. The number of nitrogens with one attached hydrogen (secondary N) is 1. The van der Waals surface area contributed by atoms with Crippen molar-refractivity contribution in [2.24, 2.45) is 0 Å². The molecule has 6 nitrogen and oxygen atoms in total. The lowest BCUT2D eigenvalue weighted by molar-refractivity contribution is -0.133. The molecular formula is C22H22N2O4. The number of fused-ring (bicyclic) bond motifs is 1. The molecule has 1 aliphatic rings. The monoisotopic (exact) mass is 378 g/mol. The molecule has 0 bridgehead atoms. The van der Waals surface area contributed by atoms with Gasteiger partial charge in [-0.2, -0.15) is 0 Å². The van der Waals surface area contributed by atoms with Gasteiger partial charge in [-0.3, -0.25) is 9.59 Å². The van der Waals surface area contributed by atoms with E-state index in [2.05, 4.69) is 17.2 Å². The molecule has 0 aliphatic carbocycles. The van der Waals surface area contributed by atoms with E-state index in [-0.39, 0.29) is 18.4 Å². The van der Waals surface area contributed by atoms with Crippen LogP contribution in [0.5, 0.6) is 11.5 Å². The molecule has 0 saturated carbocycles. The second-order valence-corrected chi connectivity index (χ2v) is 6.60. The maximum Gasteiger partial charge on any atom is 0.265 e. The zero-order valence-corrected chi connectivity index (χ0v) is 16.1. The Morgan fingerprint density at radius 3 is 2.32 bits per heavy atom. The lowest BCUT2D eigenvalue weighted by Crippen LogP contribution is -2.49. The number of amides is 2. The van der Waals surface area contributed by atoms with Crippen molar-refractivity contribution in [2.45, 2.75) is 19.1 Å². The number of hydrogen-bond acceptors (Lipinski definition) is 4. The minimum absolute atomic E-state index is 0.0582. The average molecular weight is 378 g/mol. The molecule has 0 fully saturated rings. The van der Waals surface area contributed by atoms with Gasteiger partial charge in [0.05, 0.1) is 6.54 Å². The van der Waals surface area contributed by atoms with E-state index in [0.29, 0.717) is 17.1 Å². The molecule has 0 spiro atoms. The molecule has 1 heterocycles. The zero-order valence-electron chi connectivity index (χ0n) is 16.1. The number of benzene rings is 2. The standard InChI is InChI=1S/C22H22N2O4/c1-15-20(28-19-9-5-4-8-18(19)27-15)21(25)23-14-6-7-16-10-12-17(13-11-16)22(26)24(2)3/h4-5,8-13,15,20H,14H2,1-3H3,(H,23,25). The SMILES string of the molecule is CC1Oc2ccccc2OC1C(=O)NCC#Cc1ccc(C(=O)N(C)C)cc1. The van der Waals surface area contributed by atoms with Crippen molar-refractivity contribution >= 4 is 11.8 Å². The summed E-state index contributed by atoms with van der Waals surface area (Å²) in [5.41, 5.74) is 1.37. The Hall–Kier alpha value is -3.46. The molecule has 1 aliphatic heterocycles. The Morgan fingerprint density at radius 2 is 1.68 bits per heavy atom. The van der Waals surface area contributed by atoms with Crippen molar-refractivity contribution < 1.29 is 19.1 Å². The van der Waals surface area contributed by atoms with Crippen molar-refractivity contribution in [3.63, 3.8) is 0 Å². The van der Waals surface area contributed by atoms with Gasteiger partial charge in [-0.1, -0.05) is 24.0 Å². The Morgan fingerprint density at radius 1 is 1.04 bits per heavy atom. The summed E-state index contributed by atoms with van der Waals surface area (Å²) < 4.78 is 11.5. The molecule has 2 aromatic carbocycles. The summed E-state index contributed by atoms with van der Waals surface area (Å²) in [6.45, 7) is 1.98. The highest BCUT2D eigenvalue weighted by atomic mass is 16.6. The van der Waals surface area contributed by atoms with E-state index >= 15 is 0 Å². The molecule has 0 saturated heterocycles. The Kier molecular flexibility index (Phi) is 5.85. The highest BCUT2D eigenvalue weighted by molar-refractivity contribution is 5.93. The van der Waals surface area contributed by atoms with E-state index in [1.807, 2.05) is 18.2 Å². The van der Waals surface area contributed by atoms with Crippen molar-refractivity contribution in [3.8, 4) is 23.3 Å². The van der Waals surface area contributed by atoms with Gasteiger partial charge in [0, 0.05) is 25.2 Å². The number of carbonyl (C=O) groups excluding carboxylic acids is 2. The second kappa shape index (κ2) is 8.49. The van der Waals surface area contributed by atoms with Crippen LogP contribution in [0.3, 0.4) is 0 Å². The molecule has 3 rings (SSSR count). The molecular weight excluding hydrogens is 356 g/mol. The number of carbonyl (C=O) groups is 2. The van der Waals surface area contributed by atoms with Gasteiger partial charge in [-0.15, -0.1) is 0 Å². The first-order chi connectivity index (χ1) is 13.5. The molecule has 0 aromatic heterocycles. The maximum absolute atomic E-state index is 12.4. The fourth-order valence-corrected chi connectivity index (χ4v) is 2.74. The molecule has 6 heteroatoms. The van der Waals surface area contributed by atoms with Crippen LogP contribution in [-0.4, -0.2) is 49.6 Å². The van der Waals surface area contributed by atoms with Gasteiger partial charge in [-0.25, -0.2) is 0 Å². The summed E-state index contributed by atoms with van der Waals surface area (Å²) in [7, 11) is 3.42. The van der Waals surface area contributed by atoms with E-state index in [1.54, 1.807) is 51.4 Å². The van der Waals surface area contributed by atoms with Crippen LogP contribution in [0.25, 0.3) is 0 Å². The van der Waals surface area contributed by atoms with Gasteiger partial charge in [0.15, 0.2) is 11.5 Å². The van der Waals surface area contributed by atoms with Gasteiger partial charge in [0.2, 0.25) is 6.10 Å². The largest absolute Gasteiger partial charge is 0.482 e. The maximum atomic E-state index is 12.4. The highest BCUT2D eigenvalue weighted by Crippen LogP contribution is 2.33. The summed E-state index contributed by atoms with van der Waals surface area (Å²) >= 11 is 0. The fourth-order valence-electron chi connectivity index (χ4n) is 2.74. The number of rotatable bonds is 3. The van der Waals surface area contributed by atoms with Crippen molar-refractivity contribution in [1.29, 1.82) is 0 Å². The van der Waals surface area contributed by atoms with Gasteiger partial charge in [0.1, 0.15) is 6.10 Å². The summed E-state index contributed by atoms with van der Waals surface area (Å²) in [5, 5.41) is 2.75. The molecule has 2 unspecified atom stereocenters. The quantitative estimate of drug-likeness (QED) is 0.831. The second-order valence-electron chi connectivity index (χ2n) is 6.60. The van der Waals surface area contributed by atoms with Crippen LogP contribution in [0.15, 0.2) is 48.5 Å². The van der Waals surface area contributed by atoms with Crippen LogP contribution < -0.4 is 14.8 Å². The van der Waals surface area contributed by atoms with E-state index in [0.717, 1.165) is 5.56 Å². The summed E-state index contributed by atoms with van der Waals surface area (Å²) in [4.78, 5) is 25.8. The van der Waals surface area contributed by atoms with E-state index in [1.165, 1.54) is 4.90 Å². The van der Waals surface area contributed by atoms with Crippen LogP contribution in [-0.2, 0) is 4.79 Å². The number of ether oxygens (including phenoxy) is 2. The fraction of sp³-hybridized carbons (Fsp3) is 0.273. The Bertz CT molecular complexity index is 926. The van der Waals surface area contributed by atoms with Crippen LogP contribution >= 0.6 is 0 Å². The minimum atomic E-state index is -0.729. The molecule has 2 atom stereocenters. The number of nitrogens with zero attached hydrogens (tertiary/aromatic N) is 1. The van der Waals surface area contributed by atoms with Gasteiger partial charge >= 0.3 is 0 Å². The molecule has 144 valence electrons. The van der Waals surface area contributed by atoms with Crippen LogP contribution in [0, 0.1) is 11.8 Å². The Labute approximate surface area is 164 Å². The smallest absolute Gasteiger partial charge is 0.265 e. The lowest BCUT2D eigenvalue weighted by atomic mass is 10.1. The van der Waals surface area contributed by atoms with Gasteiger partial charge < -0.3 is 19.7 Å². The minimum Gasteiger partial charge on any atom is -0.482 e. The molecule has 28 heavy (non-hydrogen) atoms. The first-order valence-electron chi connectivity index (χ1n) is 8.96. The third kappa shape index (κ3) is 4.44. The van der Waals surface area contributed by atoms with Crippen LogP contribution in [0.2, 0.25) is 0 Å². The van der Waals surface area contributed by atoms with Gasteiger partial charge in [0.25, 0.3) is 11.8 Å². The first kappa shape index (κ1) is 19.3. The van der Waals surface area contributed by atoms with Crippen LogP contribution in [0.1, 0.15) is 22.8 Å². The molecule has 2 aromatic rings. The zero-order chi connectivity index (χ0) is 20.1. The van der Waals surface area contributed by atoms with Gasteiger partial charge in [-0.05, 0) is 43.3 Å². The van der Waals surface area contributed by atoms with Crippen molar-refractivity contribution in [2.75, 3.05) is 20.6 Å². The third-order valence-corrected chi connectivity index (χ3v) is 4.22. The lowest BCUT2D eigenvalue weighted by Gasteiger charge is -2.30. The van der Waals surface area contributed by atoms with Crippen molar-refractivity contribution in [1.82, 2.24) is 10.2 Å². The topological polar surface area (TPSA) is 67.9 Å². The predicted octanol–water partition coefficient (Wildman–Crippen LogP) is 2.08. The average Bonchev–Trinajstić information content (AvgIpc) is 2.70. The summed E-state index contributed by atoms with van der Waals surface area (Å²) in [5.74, 6) is 6.72. The highest BCUT2D eigenvalue weighted by Gasteiger charge is 2.33. The number of para-hydroxylation sites is 2.